The van der Waals surface area contributed by atoms with E-state index in [1.807, 2.05) is 103 Å². The molecule has 1 heterocycles. The maximum atomic E-state index is 12.2. The van der Waals surface area contributed by atoms with Crippen molar-refractivity contribution in [2.75, 3.05) is 15.8 Å². The lowest BCUT2D eigenvalue weighted by molar-refractivity contribution is -0.383. The van der Waals surface area contributed by atoms with Crippen LogP contribution >= 0.6 is 0 Å². The van der Waals surface area contributed by atoms with Gasteiger partial charge in [0, 0.05) is 11.1 Å². The van der Waals surface area contributed by atoms with Gasteiger partial charge < -0.3 is 5.32 Å². The molecule has 1 aromatic heterocycles. The number of benzene rings is 4. The van der Waals surface area contributed by atoms with Crippen LogP contribution in [0.3, 0.4) is 0 Å². The quantitative estimate of drug-likeness (QED) is 0.218. The van der Waals surface area contributed by atoms with Crippen LogP contribution in [0, 0.1) is 10.1 Å². The molecule has 166 valence electrons. The first-order valence-corrected chi connectivity index (χ1v) is 10.6. The van der Waals surface area contributed by atoms with Crippen LogP contribution in [0.4, 0.5) is 34.4 Å². The highest BCUT2D eigenvalue weighted by molar-refractivity contribution is 5.96. The molecule has 0 bridgehead atoms. The van der Waals surface area contributed by atoms with Crippen molar-refractivity contribution in [1.82, 2.24) is 9.97 Å². The van der Waals surface area contributed by atoms with E-state index in [4.69, 9.17) is 0 Å². The first-order chi connectivity index (χ1) is 16.7. The summed E-state index contributed by atoms with van der Waals surface area (Å²) >= 11 is 0. The van der Waals surface area contributed by atoms with Gasteiger partial charge in [-0.25, -0.2) is 9.97 Å². The number of aromatic nitrogens is 2. The van der Waals surface area contributed by atoms with Crippen LogP contribution in [0.5, 0.6) is 0 Å². The third kappa shape index (κ3) is 4.20. The number of rotatable bonds is 7. The minimum Gasteiger partial charge on any atom is -0.334 e. The molecule has 34 heavy (non-hydrogen) atoms. The Morgan fingerprint density at radius 1 is 0.706 bits per heavy atom. The van der Waals surface area contributed by atoms with Crippen molar-refractivity contribution >= 4 is 45.2 Å². The van der Waals surface area contributed by atoms with Gasteiger partial charge in [-0.05, 0) is 35.7 Å². The van der Waals surface area contributed by atoms with Crippen molar-refractivity contribution in [1.29, 1.82) is 0 Å². The summed E-state index contributed by atoms with van der Waals surface area (Å²) < 4.78 is 0. The zero-order valence-corrected chi connectivity index (χ0v) is 18.0. The average Bonchev–Trinajstić information content (AvgIpc) is 2.88. The Hall–Kier alpha value is -4.98. The number of hydrazine groups is 1. The minimum absolute atomic E-state index is 0.0652. The number of para-hydroxylation sites is 2. The summed E-state index contributed by atoms with van der Waals surface area (Å²) in [5.74, 6) is 0.162. The van der Waals surface area contributed by atoms with Gasteiger partial charge in [-0.2, -0.15) is 0 Å². The zero-order chi connectivity index (χ0) is 23.3. The maximum Gasteiger partial charge on any atom is 0.355 e. The normalized spacial score (nSPS) is 10.6. The van der Waals surface area contributed by atoms with E-state index in [-0.39, 0.29) is 17.3 Å². The fourth-order valence-corrected chi connectivity index (χ4v) is 3.73. The number of nitrogens with zero attached hydrogens (tertiary/aromatic N) is 4. The summed E-state index contributed by atoms with van der Waals surface area (Å²) in [5, 5.41) is 19.0. The molecule has 0 amide bonds. The van der Waals surface area contributed by atoms with Gasteiger partial charge in [-0.1, -0.05) is 72.8 Å². The fourth-order valence-electron chi connectivity index (χ4n) is 3.73. The molecule has 2 N–H and O–H groups in total. The lowest BCUT2D eigenvalue weighted by Crippen LogP contribution is -2.26. The van der Waals surface area contributed by atoms with Crippen LogP contribution in [0.1, 0.15) is 0 Å². The Morgan fingerprint density at radius 2 is 1.29 bits per heavy atom. The molecule has 8 nitrogen and oxygen atoms in total. The van der Waals surface area contributed by atoms with Crippen molar-refractivity contribution < 1.29 is 4.92 Å². The van der Waals surface area contributed by atoms with Crippen LogP contribution in [0.25, 0.3) is 10.8 Å². The zero-order valence-electron chi connectivity index (χ0n) is 18.0. The van der Waals surface area contributed by atoms with Gasteiger partial charge in [0.25, 0.3) is 0 Å². The Bertz CT molecular complexity index is 1400. The van der Waals surface area contributed by atoms with Crippen molar-refractivity contribution in [3.8, 4) is 0 Å². The number of anilines is 5. The van der Waals surface area contributed by atoms with E-state index in [0.29, 0.717) is 5.69 Å². The molecule has 0 fully saturated rings. The molecular weight excluding hydrogens is 428 g/mol. The lowest BCUT2D eigenvalue weighted by atomic mass is 10.1. The standard InChI is InChI=1S/C26H20N6O2/c33-32(34)24-25(29-23-17-9-11-19-10-7-8-16-22(19)23)27-18-28-26(24)30-31(20-12-3-1-4-13-20)21-14-5-2-6-15-21/h1-18H,(H2,27,28,29,30). The van der Waals surface area contributed by atoms with Gasteiger partial charge in [-0.15, -0.1) is 0 Å². The number of nitro groups is 1. The number of hydrogen-bond donors (Lipinski definition) is 2. The highest BCUT2D eigenvalue weighted by Crippen LogP contribution is 2.35. The van der Waals surface area contributed by atoms with Gasteiger partial charge in [0.05, 0.1) is 16.3 Å². The maximum absolute atomic E-state index is 12.2. The smallest absolute Gasteiger partial charge is 0.334 e. The van der Waals surface area contributed by atoms with E-state index in [9.17, 15) is 10.1 Å². The molecule has 5 rings (SSSR count). The van der Waals surface area contributed by atoms with E-state index < -0.39 is 4.92 Å². The fraction of sp³-hybridized carbons (Fsp3) is 0. The monoisotopic (exact) mass is 448 g/mol. The second-order valence-electron chi connectivity index (χ2n) is 7.45. The van der Waals surface area contributed by atoms with E-state index in [2.05, 4.69) is 20.7 Å². The molecule has 0 saturated carbocycles. The molecule has 0 aliphatic carbocycles. The van der Waals surface area contributed by atoms with Crippen LogP contribution in [0.2, 0.25) is 0 Å². The Morgan fingerprint density at radius 3 is 1.97 bits per heavy atom. The molecule has 0 saturated heterocycles. The predicted octanol–water partition coefficient (Wildman–Crippen LogP) is 6.45. The van der Waals surface area contributed by atoms with Crippen LogP contribution in [-0.2, 0) is 0 Å². The molecule has 0 spiro atoms. The van der Waals surface area contributed by atoms with E-state index in [0.717, 1.165) is 22.1 Å². The van der Waals surface area contributed by atoms with Crippen molar-refractivity contribution in [2.45, 2.75) is 0 Å². The van der Waals surface area contributed by atoms with Gasteiger partial charge in [-0.3, -0.25) is 20.5 Å². The average molecular weight is 448 g/mol. The molecule has 0 radical (unpaired) electrons. The Balaban J connectivity index is 1.57. The lowest BCUT2D eigenvalue weighted by Gasteiger charge is -2.26. The number of nitrogens with one attached hydrogen (secondary N) is 2. The molecule has 5 aromatic rings. The topological polar surface area (TPSA) is 96.2 Å². The molecule has 0 unspecified atom stereocenters. The van der Waals surface area contributed by atoms with E-state index in [1.54, 1.807) is 5.01 Å². The van der Waals surface area contributed by atoms with Gasteiger partial charge in [0.1, 0.15) is 6.33 Å². The van der Waals surface area contributed by atoms with Crippen LogP contribution in [0.15, 0.2) is 109 Å². The van der Waals surface area contributed by atoms with Crippen LogP contribution in [-0.4, -0.2) is 14.9 Å². The second-order valence-corrected chi connectivity index (χ2v) is 7.45. The van der Waals surface area contributed by atoms with Gasteiger partial charge in [0.15, 0.2) is 0 Å². The predicted molar refractivity (Wildman–Crippen MR) is 135 cm³/mol. The summed E-state index contributed by atoms with van der Waals surface area (Å²) in [6.45, 7) is 0. The van der Waals surface area contributed by atoms with Crippen LogP contribution < -0.4 is 15.8 Å². The summed E-state index contributed by atoms with van der Waals surface area (Å²) in [4.78, 5) is 20.1. The molecular formula is C26H20N6O2. The molecule has 0 aliphatic rings. The largest absolute Gasteiger partial charge is 0.355 e. The second kappa shape index (κ2) is 9.25. The summed E-state index contributed by atoms with van der Waals surface area (Å²) in [6, 6.07) is 32.6. The number of fused-ring (bicyclic) bond motifs is 1. The summed E-state index contributed by atoms with van der Waals surface area (Å²) in [7, 11) is 0. The van der Waals surface area contributed by atoms with Crippen molar-refractivity contribution in [3.63, 3.8) is 0 Å². The van der Waals surface area contributed by atoms with Gasteiger partial charge in [0.2, 0.25) is 11.6 Å². The Kier molecular flexibility index (Phi) is 5.69. The molecule has 0 aliphatic heterocycles. The van der Waals surface area contributed by atoms with E-state index >= 15 is 0 Å². The summed E-state index contributed by atoms with van der Waals surface area (Å²) in [5.41, 5.74) is 5.18. The highest BCUT2D eigenvalue weighted by Gasteiger charge is 2.25. The van der Waals surface area contributed by atoms with Gasteiger partial charge >= 0.3 is 5.69 Å². The summed E-state index contributed by atoms with van der Waals surface area (Å²) in [6.07, 6.45) is 1.30. The number of hydrogen-bond acceptors (Lipinski definition) is 7. The molecule has 4 aromatic carbocycles. The highest BCUT2D eigenvalue weighted by atomic mass is 16.6. The minimum atomic E-state index is -0.482. The third-order valence-electron chi connectivity index (χ3n) is 5.29. The molecule has 0 atom stereocenters. The van der Waals surface area contributed by atoms with Crippen molar-refractivity contribution in [2.24, 2.45) is 0 Å². The third-order valence-corrected chi connectivity index (χ3v) is 5.29. The SMILES string of the molecule is O=[N+]([O-])c1c(Nc2cccc3ccccc23)ncnc1NN(c1ccccc1)c1ccccc1. The first kappa shape index (κ1) is 20.9. The molecule has 8 heteroatoms. The Labute approximate surface area is 195 Å². The van der Waals surface area contributed by atoms with Crippen molar-refractivity contribution in [3.05, 3.63) is 120 Å². The van der Waals surface area contributed by atoms with E-state index in [1.165, 1.54) is 6.33 Å². The first-order valence-electron chi connectivity index (χ1n) is 10.6.